The van der Waals surface area contributed by atoms with Gasteiger partial charge in [0.15, 0.2) is 0 Å². The summed E-state index contributed by atoms with van der Waals surface area (Å²) in [6.45, 7) is 0.795. The Morgan fingerprint density at radius 2 is 2.00 bits per heavy atom. The van der Waals surface area contributed by atoms with E-state index >= 15 is 0 Å². The van der Waals surface area contributed by atoms with Crippen molar-refractivity contribution in [3.63, 3.8) is 0 Å². The zero-order valence-electron chi connectivity index (χ0n) is 11.8. The molecule has 0 unspecified atom stereocenters. The number of ether oxygens (including phenoxy) is 1. The lowest BCUT2D eigenvalue weighted by Crippen LogP contribution is -2.34. The minimum atomic E-state index is -0.137. The quantitative estimate of drug-likeness (QED) is 0.915. The molecule has 2 nitrogen and oxygen atoms in total. The van der Waals surface area contributed by atoms with Crippen molar-refractivity contribution in [2.75, 3.05) is 11.9 Å². The van der Waals surface area contributed by atoms with Crippen molar-refractivity contribution in [2.24, 2.45) is 0 Å². The first kappa shape index (κ1) is 12.7. The molecule has 1 fully saturated rings. The Labute approximate surface area is 123 Å². The van der Waals surface area contributed by atoms with E-state index in [2.05, 4.69) is 17.4 Å². The van der Waals surface area contributed by atoms with E-state index in [1.165, 1.54) is 17.3 Å². The number of benzene rings is 2. The van der Waals surface area contributed by atoms with Crippen molar-refractivity contribution in [3.8, 4) is 5.75 Å². The van der Waals surface area contributed by atoms with Crippen LogP contribution in [0.15, 0.2) is 42.5 Å². The van der Waals surface area contributed by atoms with Crippen LogP contribution in [0.2, 0.25) is 0 Å². The highest BCUT2D eigenvalue weighted by Gasteiger charge is 2.30. The van der Waals surface area contributed by atoms with Gasteiger partial charge in [-0.2, -0.15) is 0 Å². The third-order valence-corrected chi connectivity index (χ3v) is 4.52. The van der Waals surface area contributed by atoms with Gasteiger partial charge in [0.2, 0.25) is 0 Å². The summed E-state index contributed by atoms with van der Waals surface area (Å²) in [5, 5.41) is 3.57. The summed E-state index contributed by atoms with van der Waals surface area (Å²) in [6.07, 6.45) is 3.13. The normalized spacial score (nSPS) is 23.1. The van der Waals surface area contributed by atoms with Gasteiger partial charge in [-0.25, -0.2) is 4.39 Å². The number of nitrogens with one attached hydrogen (secondary N) is 1. The van der Waals surface area contributed by atoms with Crippen molar-refractivity contribution < 1.29 is 9.13 Å². The molecule has 21 heavy (non-hydrogen) atoms. The van der Waals surface area contributed by atoms with E-state index < -0.39 is 0 Å². The summed E-state index contributed by atoms with van der Waals surface area (Å²) in [6, 6.07) is 13.8. The molecule has 2 aromatic rings. The summed E-state index contributed by atoms with van der Waals surface area (Å²) in [7, 11) is 0. The molecule has 2 aliphatic rings. The maximum atomic E-state index is 13.2. The largest absolute Gasteiger partial charge is 0.493 e. The van der Waals surface area contributed by atoms with Crippen molar-refractivity contribution in [2.45, 2.75) is 31.2 Å². The SMILES string of the molecule is Fc1cccc(C2CC(Nc3ccc4c(c3)CCO4)C2)c1. The van der Waals surface area contributed by atoms with Crippen LogP contribution in [-0.4, -0.2) is 12.6 Å². The number of hydrogen-bond donors (Lipinski definition) is 1. The van der Waals surface area contributed by atoms with E-state index in [1.54, 1.807) is 12.1 Å². The molecule has 1 aliphatic heterocycles. The van der Waals surface area contributed by atoms with E-state index in [9.17, 15) is 4.39 Å². The molecule has 0 radical (unpaired) electrons. The van der Waals surface area contributed by atoms with Crippen LogP contribution in [0.1, 0.15) is 29.9 Å². The van der Waals surface area contributed by atoms with Crippen molar-refractivity contribution in [1.82, 2.24) is 0 Å². The molecular formula is C18H18FNO. The van der Waals surface area contributed by atoms with E-state index in [0.29, 0.717) is 12.0 Å². The number of rotatable bonds is 3. The van der Waals surface area contributed by atoms with Gasteiger partial charge in [-0.3, -0.25) is 0 Å². The Morgan fingerprint density at radius 1 is 1.10 bits per heavy atom. The van der Waals surface area contributed by atoms with Gasteiger partial charge in [0.05, 0.1) is 6.61 Å². The second-order valence-electron chi connectivity index (χ2n) is 5.99. The van der Waals surface area contributed by atoms with E-state index in [0.717, 1.165) is 37.2 Å². The van der Waals surface area contributed by atoms with Gasteiger partial charge in [0.1, 0.15) is 11.6 Å². The molecule has 0 aromatic heterocycles. The fraction of sp³-hybridized carbons (Fsp3) is 0.333. The van der Waals surface area contributed by atoms with Crippen LogP contribution in [-0.2, 0) is 6.42 Å². The molecule has 1 N–H and O–H groups in total. The van der Waals surface area contributed by atoms with E-state index in [-0.39, 0.29) is 5.82 Å². The standard InChI is InChI=1S/C18H18FNO/c19-15-3-1-2-12(8-15)14-10-17(11-14)20-16-4-5-18-13(9-16)6-7-21-18/h1-5,8-9,14,17,20H,6-7,10-11H2. The van der Waals surface area contributed by atoms with Crippen LogP contribution in [0, 0.1) is 5.82 Å². The number of anilines is 1. The molecule has 1 heterocycles. The fourth-order valence-electron chi connectivity index (χ4n) is 3.28. The summed E-state index contributed by atoms with van der Waals surface area (Å²) in [5.74, 6) is 1.37. The lowest BCUT2D eigenvalue weighted by molar-refractivity contribution is 0.356. The first-order chi connectivity index (χ1) is 10.3. The third kappa shape index (κ3) is 2.48. The van der Waals surface area contributed by atoms with Gasteiger partial charge in [-0.1, -0.05) is 12.1 Å². The predicted molar refractivity (Wildman–Crippen MR) is 81.4 cm³/mol. The van der Waals surface area contributed by atoms with Crippen LogP contribution in [0.25, 0.3) is 0 Å². The lowest BCUT2D eigenvalue weighted by atomic mass is 9.76. The minimum absolute atomic E-state index is 0.137. The van der Waals surface area contributed by atoms with Gasteiger partial charge >= 0.3 is 0 Å². The molecule has 1 aliphatic carbocycles. The molecule has 0 spiro atoms. The van der Waals surface area contributed by atoms with E-state index in [1.807, 2.05) is 12.1 Å². The molecule has 0 saturated heterocycles. The summed E-state index contributed by atoms with van der Waals surface area (Å²) in [4.78, 5) is 0. The minimum Gasteiger partial charge on any atom is -0.493 e. The average Bonchev–Trinajstić information content (AvgIpc) is 2.89. The first-order valence-corrected chi connectivity index (χ1v) is 7.56. The number of hydrogen-bond acceptors (Lipinski definition) is 2. The van der Waals surface area contributed by atoms with Crippen molar-refractivity contribution in [3.05, 3.63) is 59.4 Å². The maximum Gasteiger partial charge on any atom is 0.123 e. The molecule has 1 saturated carbocycles. The fourth-order valence-corrected chi connectivity index (χ4v) is 3.28. The van der Waals surface area contributed by atoms with Crippen LogP contribution < -0.4 is 10.1 Å². The molecule has 0 amide bonds. The van der Waals surface area contributed by atoms with Crippen LogP contribution in [0.3, 0.4) is 0 Å². The molecular weight excluding hydrogens is 265 g/mol. The van der Waals surface area contributed by atoms with Gasteiger partial charge in [0, 0.05) is 18.2 Å². The zero-order chi connectivity index (χ0) is 14.2. The molecule has 108 valence electrons. The van der Waals surface area contributed by atoms with Crippen LogP contribution in [0.5, 0.6) is 5.75 Å². The molecule has 2 aromatic carbocycles. The molecule has 0 atom stereocenters. The third-order valence-electron chi connectivity index (χ3n) is 4.52. The van der Waals surface area contributed by atoms with Gasteiger partial charge in [-0.15, -0.1) is 0 Å². The Balaban J connectivity index is 1.38. The molecule has 4 rings (SSSR count). The Bertz CT molecular complexity index is 664. The van der Waals surface area contributed by atoms with Crippen molar-refractivity contribution >= 4 is 5.69 Å². The summed E-state index contributed by atoms with van der Waals surface area (Å²) < 4.78 is 18.8. The second kappa shape index (κ2) is 5.06. The average molecular weight is 283 g/mol. The number of halogens is 1. The van der Waals surface area contributed by atoms with Crippen LogP contribution >= 0.6 is 0 Å². The second-order valence-corrected chi connectivity index (χ2v) is 5.99. The van der Waals surface area contributed by atoms with E-state index in [4.69, 9.17) is 4.74 Å². The van der Waals surface area contributed by atoms with Gasteiger partial charge < -0.3 is 10.1 Å². The summed E-state index contributed by atoms with van der Waals surface area (Å²) >= 11 is 0. The highest BCUT2D eigenvalue weighted by atomic mass is 19.1. The van der Waals surface area contributed by atoms with Crippen LogP contribution in [0.4, 0.5) is 10.1 Å². The predicted octanol–water partition coefficient (Wildman–Crippen LogP) is 4.12. The highest BCUT2D eigenvalue weighted by Crippen LogP contribution is 2.39. The summed E-state index contributed by atoms with van der Waals surface area (Å²) in [5.41, 5.74) is 3.58. The Kier molecular flexibility index (Phi) is 3.06. The monoisotopic (exact) mass is 283 g/mol. The zero-order valence-corrected chi connectivity index (χ0v) is 11.8. The highest BCUT2D eigenvalue weighted by molar-refractivity contribution is 5.53. The lowest BCUT2D eigenvalue weighted by Gasteiger charge is -2.37. The Morgan fingerprint density at radius 3 is 2.86 bits per heavy atom. The topological polar surface area (TPSA) is 21.3 Å². The first-order valence-electron chi connectivity index (χ1n) is 7.56. The molecule has 0 bridgehead atoms. The molecule has 3 heteroatoms. The smallest absolute Gasteiger partial charge is 0.123 e. The van der Waals surface area contributed by atoms with Gasteiger partial charge in [0.25, 0.3) is 0 Å². The maximum absolute atomic E-state index is 13.2. The Hall–Kier alpha value is -2.03. The number of fused-ring (bicyclic) bond motifs is 1. The van der Waals surface area contributed by atoms with Crippen molar-refractivity contribution in [1.29, 1.82) is 0 Å². The van der Waals surface area contributed by atoms with Gasteiger partial charge in [-0.05, 0) is 60.2 Å².